The van der Waals surface area contributed by atoms with Gasteiger partial charge in [-0.25, -0.2) is 0 Å². The fourth-order valence-corrected chi connectivity index (χ4v) is 2.99. The Bertz CT molecular complexity index is 452. The van der Waals surface area contributed by atoms with Crippen LogP contribution in [0.1, 0.15) is 18.5 Å². The van der Waals surface area contributed by atoms with E-state index in [9.17, 15) is 4.79 Å². The molecule has 5 heteroatoms. The molecule has 1 fully saturated rings. The topological polar surface area (TPSA) is 58.8 Å². The molecule has 1 heterocycles. The Morgan fingerprint density at radius 2 is 2.10 bits per heavy atom. The van der Waals surface area contributed by atoms with E-state index < -0.39 is 0 Å². The van der Waals surface area contributed by atoms with E-state index in [1.807, 2.05) is 30.3 Å². The largest absolute Gasteiger partial charge is 0.383 e. The Labute approximate surface area is 126 Å². The maximum absolute atomic E-state index is 11.9. The molecule has 0 aromatic heterocycles. The van der Waals surface area contributed by atoms with Crippen LogP contribution in [0.25, 0.3) is 0 Å². The number of piperazine rings is 1. The van der Waals surface area contributed by atoms with Gasteiger partial charge in [0.2, 0.25) is 5.91 Å². The third-order valence-corrected chi connectivity index (χ3v) is 4.13. The molecule has 2 N–H and O–H groups in total. The zero-order valence-electron chi connectivity index (χ0n) is 12.9. The maximum atomic E-state index is 11.9. The van der Waals surface area contributed by atoms with E-state index in [1.165, 1.54) is 0 Å². The maximum Gasteiger partial charge on any atom is 0.239 e. The van der Waals surface area contributed by atoms with Gasteiger partial charge in [0.1, 0.15) is 6.04 Å². The van der Waals surface area contributed by atoms with Crippen molar-refractivity contribution in [2.24, 2.45) is 5.73 Å². The molecule has 1 saturated heterocycles. The molecule has 2 atom stereocenters. The van der Waals surface area contributed by atoms with E-state index in [0.29, 0.717) is 6.04 Å². The highest BCUT2D eigenvalue weighted by Gasteiger charge is 2.31. The van der Waals surface area contributed by atoms with Crippen LogP contribution in [0.15, 0.2) is 30.3 Å². The minimum Gasteiger partial charge on any atom is -0.383 e. The second kappa shape index (κ2) is 7.54. The molecule has 1 aromatic rings. The Morgan fingerprint density at radius 1 is 1.38 bits per heavy atom. The van der Waals surface area contributed by atoms with Crippen LogP contribution < -0.4 is 5.73 Å². The molecule has 5 nitrogen and oxygen atoms in total. The second-order valence-corrected chi connectivity index (χ2v) is 5.59. The van der Waals surface area contributed by atoms with Gasteiger partial charge in [0.25, 0.3) is 0 Å². The molecule has 0 aliphatic carbocycles. The summed E-state index contributed by atoms with van der Waals surface area (Å²) in [4.78, 5) is 16.5. The van der Waals surface area contributed by atoms with Gasteiger partial charge >= 0.3 is 0 Å². The highest BCUT2D eigenvalue weighted by molar-refractivity contribution is 5.81. The Kier molecular flexibility index (Phi) is 5.73. The molecule has 0 radical (unpaired) electrons. The number of hydrogen-bond acceptors (Lipinski definition) is 4. The first-order valence-electron chi connectivity index (χ1n) is 7.44. The third-order valence-electron chi connectivity index (χ3n) is 4.13. The predicted octanol–water partition coefficient (Wildman–Crippen LogP) is 0.866. The molecule has 0 spiro atoms. The summed E-state index contributed by atoms with van der Waals surface area (Å²) in [7, 11) is 1.72. The summed E-state index contributed by atoms with van der Waals surface area (Å²) >= 11 is 0. The normalized spacial score (nSPS) is 22.1. The van der Waals surface area contributed by atoms with Gasteiger partial charge in [-0.1, -0.05) is 30.3 Å². The van der Waals surface area contributed by atoms with Crippen molar-refractivity contribution in [1.29, 1.82) is 0 Å². The molecule has 0 bridgehead atoms. The van der Waals surface area contributed by atoms with Gasteiger partial charge in [-0.05, 0) is 12.5 Å². The molecule has 21 heavy (non-hydrogen) atoms. The summed E-state index contributed by atoms with van der Waals surface area (Å²) in [6.07, 6.45) is 0. The first-order chi connectivity index (χ1) is 10.1. The number of carbonyl (C=O) groups excluding carboxylic acids is 1. The number of nitrogens with two attached hydrogens (primary N) is 1. The van der Waals surface area contributed by atoms with Crippen molar-refractivity contribution < 1.29 is 9.53 Å². The first-order valence-corrected chi connectivity index (χ1v) is 7.44. The quantitative estimate of drug-likeness (QED) is 0.845. The number of ether oxygens (including phenoxy) is 1. The van der Waals surface area contributed by atoms with Crippen LogP contribution in [-0.2, 0) is 9.53 Å². The monoisotopic (exact) mass is 291 g/mol. The van der Waals surface area contributed by atoms with Gasteiger partial charge in [0.05, 0.1) is 6.61 Å². The highest BCUT2D eigenvalue weighted by atomic mass is 16.5. The van der Waals surface area contributed by atoms with Crippen LogP contribution in [0.3, 0.4) is 0 Å². The standard InChI is InChI=1S/C16H25N3O2/c1-13-12-19(9-8-18(13)10-11-21-2)15(16(17)20)14-6-4-3-5-7-14/h3-7,13,15H,8-12H2,1-2H3,(H2,17,20)/t13-,15+/m0/s1. The molecule has 1 aromatic carbocycles. The molecule has 1 amide bonds. The van der Waals surface area contributed by atoms with E-state index in [-0.39, 0.29) is 11.9 Å². The van der Waals surface area contributed by atoms with Crippen molar-refractivity contribution in [3.63, 3.8) is 0 Å². The number of carbonyl (C=O) groups is 1. The van der Waals surface area contributed by atoms with Crippen molar-refractivity contribution in [2.45, 2.75) is 19.0 Å². The van der Waals surface area contributed by atoms with Crippen molar-refractivity contribution in [3.8, 4) is 0 Å². The van der Waals surface area contributed by atoms with E-state index in [2.05, 4.69) is 16.7 Å². The molecule has 1 aliphatic rings. The fraction of sp³-hybridized carbons (Fsp3) is 0.562. The molecular weight excluding hydrogens is 266 g/mol. The summed E-state index contributed by atoms with van der Waals surface area (Å²) in [5.74, 6) is -0.279. The fourth-order valence-electron chi connectivity index (χ4n) is 2.99. The summed E-state index contributed by atoms with van der Waals surface area (Å²) in [5, 5.41) is 0. The number of methoxy groups -OCH3 is 1. The minimum atomic E-state index is -0.335. The van der Waals surface area contributed by atoms with E-state index in [4.69, 9.17) is 10.5 Å². The molecule has 116 valence electrons. The number of nitrogens with zero attached hydrogens (tertiary/aromatic N) is 2. The average Bonchev–Trinajstić information content (AvgIpc) is 2.47. The van der Waals surface area contributed by atoms with Crippen molar-refractivity contribution in [3.05, 3.63) is 35.9 Å². The van der Waals surface area contributed by atoms with Gasteiger partial charge in [0.15, 0.2) is 0 Å². The molecule has 0 saturated carbocycles. The van der Waals surface area contributed by atoms with Crippen LogP contribution >= 0.6 is 0 Å². The van der Waals surface area contributed by atoms with Crippen LogP contribution in [0.4, 0.5) is 0 Å². The lowest BCUT2D eigenvalue weighted by molar-refractivity contribution is -0.124. The van der Waals surface area contributed by atoms with Crippen molar-refractivity contribution >= 4 is 5.91 Å². The predicted molar refractivity (Wildman–Crippen MR) is 82.9 cm³/mol. The number of primary amides is 1. The van der Waals surface area contributed by atoms with Gasteiger partial charge in [0, 0.05) is 39.3 Å². The lowest BCUT2D eigenvalue weighted by Gasteiger charge is -2.42. The smallest absolute Gasteiger partial charge is 0.239 e. The molecule has 2 rings (SSSR count). The number of amides is 1. The molecule has 1 aliphatic heterocycles. The van der Waals surface area contributed by atoms with Gasteiger partial charge < -0.3 is 10.5 Å². The lowest BCUT2D eigenvalue weighted by atomic mass is 10.0. The molecular formula is C16H25N3O2. The van der Waals surface area contributed by atoms with E-state index in [0.717, 1.165) is 38.3 Å². The van der Waals surface area contributed by atoms with Crippen LogP contribution in [0.2, 0.25) is 0 Å². The third kappa shape index (κ3) is 4.03. The van der Waals surface area contributed by atoms with Gasteiger partial charge in [-0.3, -0.25) is 14.6 Å². The minimum absolute atomic E-state index is 0.279. The number of benzene rings is 1. The Hall–Kier alpha value is -1.43. The number of rotatable bonds is 6. The zero-order chi connectivity index (χ0) is 15.2. The van der Waals surface area contributed by atoms with Crippen molar-refractivity contribution in [2.75, 3.05) is 39.9 Å². The highest BCUT2D eigenvalue weighted by Crippen LogP contribution is 2.23. The summed E-state index contributed by atoms with van der Waals surface area (Å²) in [5.41, 5.74) is 6.62. The average molecular weight is 291 g/mol. The second-order valence-electron chi connectivity index (χ2n) is 5.59. The zero-order valence-corrected chi connectivity index (χ0v) is 12.9. The van der Waals surface area contributed by atoms with Crippen molar-refractivity contribution in [1.82, 2.24) is 9.80 Å². The SMILES string of the molecule is COCCN1CCN([C@@H](C(N)=O)c2ccccc2)C[C@@H]1C. The van der Waals surface area contributed by atoms with E-state index >= 15 is 0 Å². The molecule has 0 unspecified atom stereocenters. The summed E-state index contributed by atoms with van der Waals surface area (Å²) in [6.45, 7) is 6.47. The van der Waals surface area contributed by atoms with Gasteiger partial charge in [-0.15, -0.1) is 0 Å². The number of hydrogen-bond donors (Lipinski definition) is 1. The Balaban J connectivity index is 2.05. The summed E-state index contributed by atoms with van der Waals surface area (Å²) < 4.78 is 5.15. The van der Waals surface area contributed by atoms with Crippen LogP contribution in [-0.4, -0.2) is 61.6 Å². The van der Waals surface area contributed by atoms with Crippen LogP contribution in [0.5, 0.6) is 0 Å². The first kappa shape index (κ1) is 15.9. The van der Waals surface area contributed by atoms with Gasteiger partial charge in [-0.2, -0.15) is 0 Å². The van der Waals surface area contributed by atoms with Crippen LogP contribution in [0, 0.1) is 0 Å². The lowest BCUT2D eigenvalue weighted by Crippen LogP contribution is -2.55. The summed E-state index contributed by atoms with van der Waals surface area (Å²) in [6, 6.07) is 9.84. The van der Waals surface area contributed by atoms with E-state index in [1.54, 1.807) is 7.11 Å². The Morgan fingerprint density at radius 3 is 2.67 bits per heavy atom.